The van der Waals surface area contributed by atoms with E-state index in [1.54, 1.807) is 18.2 Å². The van der Waals surface area contributed by atoms with Crippen LogP contribution in [0.25, 0.3) is 21.7 Å². The maximum absolute atomic E-state index is 11.1. The molecular weight excluding hydrogens is 420 g/mol. The van der Waals surface area contributed by atoms with Crippen LogP contribution >= 0.6 is 22.9 Å². The molecule has 148 valence electrons. The van der Waals surface area contributed by atoms with Gasteiger partial charge < -0.3 is 0 Å². The van der Waals surface area contributed by atoms with Crippen molar-refractivity contribution in [3.63, 3.8) is 0 Å². The van der Waals surface area contributed by atoms with Crippen molar-refractivity contribution in [1.29, 1.82) is 0 Å². The average Bonchev–Trinajstić information content (AvgIpc) is 3.19. The summed E-state index contributed by atoms with van der Waals surface area (Å²) < 4.78 is 0. The number of nitrogens with zero attached hydrogens (tertiary/aromatic N) is 3. The molecule has 1 N–H and O–H groups in total. The Kier molecular flexibility index (Phi) is 5.83. The van der Waals surface area contributed by atoms with Crippen LogP contribution in [0.3, 0.4) is 0 Å². The molecule has 0 amide bonds. The van der Waals surface area contributed by atoms with Gasteiger partial charge in [0.2, 0.25) is 5.13 Å². The van der Waals surface area contributed by atoms with Crippen molar-refractivity contribution >= 4 is 40.0 Å². The molecule has 3 aromatic carbocycles. The molecule has 0 aliphatic heterocycles. The van der Waals surface area contributed by atoms with E-state index in [4.69, 9.17) is 16.6 Å². The van der Waals surface area contributed by atoms with E-state index in [-0.39, 0.29) is 5.69 Å². The highest BCUT2D eigenvalue weighted by molar-refractivity contribution is 7.19. The lowest BCUT2D eigenvalue weighted by Crippen LogP contribution is -1.96. The number of nitro groups is 1. The standard InChI is InChI=1S/C22H15ClN4O2S/c23-18-12-10-16(11-13-18)21-20(15-6-2-1-3-7-15)25-22(30-21)26-24-14-17-8-4-5-9-19(17)27(28)29/h1-14H,(H,25,26)/b24-14-. The van der Waals surface area contributed by atoms with Crippen molar-refractivity contribution in [2.45, 2.75) is 0 Å². The smallest absolute Gasteiger partial charge is 0.258 e. The van der Waals surface area contributed by atoms with E-state index >= 15 is 0 Å². The van der Waals surface area contributed by atoms with Gasteiger partial charge >= 0.3 is 0 Å². The third kappa shape index (κ3) is 4.37. The van der Waals surface area contributed by atoms with Crippen molar-refractivity contribution < 1.29 is 4.92 Å². The molecule has 8 heteroatoms. The molecule has 4 rings (SSSR count). The summed E-state index contributed by atoms with van der Waals surface area (Å²) in [6, 6.07) is 23.9. The summed E-state index contributed by atoms with van der Waals surface area (Å²) >= 11 is 7.48. The molecular formula is C22H15ClN4O2S. The number of rotatable bonds is 6. The molecule has 0 saturated carbocycles. The van der Waals surface area contributed by atoms with E-state index in [2.05, 4.69) is 10.5 Å². The first kappa shape index (κ1) is 19.8. The molecule has 0 spiro atoms. The van der Waals surface area contributed by atoms with E-state index in [0.29, 0.717) is 15.7 Å². The second-order valence-corrected chi connectivity index (χ2v) is 7.69. The molecule has 0 fully saturated rings. The second kappa shape index (κ2) is 8.86. The molecule has 1 heterocycles. The number of benzene rings is 3. The number of nitro benzene ring substituents is 1. The predicted molar refractivity (Wildman–Crippen MR) is 122 cm³/mol. The first-order valence-corrected chi connectivity index (χ1v) is 10.2. The van der Waals surface area contributed by atoms with E-state index in [1.165, 1.54) is 23.6 Å². The number of halogens is 1. The van der Waals surface area contributed by atoms with Crippen LogP contribution in [0.1, 0.15) is 5.56 Å². The molecule has 0 unspecified atom stereocenters. The lowest BCUT2D eigenvalue weighted by atomic mass is 10.1. The van der Waals surface area contributed by atoms with Gasteiger partial charge in [0.15, 0.2) is 0 Å². The minimum atomic E-state index is -0.434. The molecule has 1 aromatic heterocycles. The van der Waals surface area contributed by atoms with Crippen molar-refractivity contribution in [2.24, 2.45) is 5.10 Å². The molecule has 0 aliphatic rings. The van der Waals surface area contributed by atoms with Gasteiger partial charge in [-0.2, -0.15) is 5.10 Å². The van der Waals surface area contributed by atoms with Gasteiger partial charge in [-0.25, -0.2) is 4.98 Å². The van der Waals surface area contributed by atoms with Crippen LogP contribution in [0.2, 0.25) is 5.02 Å². The summed E-state index contributed by atoms with van der Waals surface area (Å²) in [7, 11) is 0. The first-order chi connectivity index (χ1) is 14.6. The number of para-hydroxylation sites is 1. The van der Waals surface area contributed by atoms with Gasteiger partial charge in [-0.05, 0) is 23.8 Å². The fraction of sp³-hybridized carbons (Fsp3) is 0. The lowest BCUT2D eigenvalue weighted by Gasteiger charge is -2.02. The second-order valence-electron chi connectivity index (χ2n) is 6.26. The first-order valence-electron chi connectivity index (χ1n) is 8.96. The zero-order valence-corrected chi connectivity index (χ0v) is 17.1. The van der Waals surface area contributed by atoms with E-state index in [9.17, 15) is 10.1 Å². The molecule has 30 heavy (non-hydrogen) atoms. The highest BCUT2D eigenvalue weighted by Crippen LogP contribution is 2.39. The maximum Gasteiger partial charge on any atom is 0.278 e. The summed E-state index contributed by atoms with van der Waals surface area (Å²) in [5, 5.41) is 16.5. The SMILES string of the molecule is O=[N+]([O-])c1ccccc1/C=N\Nc1nc(-c2ccccc2)c(-c2ccc(Cl)cc2)s1. The highest BCUT2D eigenvalue weighted by Gasteiger charge is 2.15. The molecule has 0 aliphatic carbocycles. The number of hydrazone groups is 1. The van der Waals surface area contributed by atoms with Crippen molar-refractivity contribution in [2.75, 3.05) is 5.43 Å². The Hall–Kier alpha value is -3.55. The summed E-state index contributed by atoms with van der Waals surface area (Å²) in [6.07, 6.45) is 1.42. The van der Waals surface area contributed by atoms with E-state index in [0.717, 1.165) is 21.7 Å². The maximum atomic E-state index is 11.1. The van der Waals surface area contributed by atoms with Gasteiger partial charge in [-0.3, -0.25) is 15.5 Å². The molecule has 6 nitrogen and oxygen atoms in total. The largest absolute Gasteiger partial charge is 0.278 e. The quantitative estimate of drug-likeness (QED) is 0.214. The topological polar surface area (TPSA) is 80.4 Å². The molecule has 0 atom stereocenters. The Labute approximate surface area is 181 Å². The fourth-order valence-corrected chi connectivity index (χ4v) is 3.95. The molecule has 4 aromatic rings. The van der Waals surface area contributed by atoms with Crippen molar-refractivity contribution in [1.82, 2.24) is 4.98 Å². The minimum Gasteiger partial charge on any atom is -0.258 e. The average molecular weight is 435 g/mol. The third-order valence-corrected chi connectivity index (χ3v) is 5.54. The van der Waals surface area contributed by atoms with Crippen LogP contribution in [0, 0.1) is 10.1 Å². The van der Waals surface area contributed by atoms with Gasteiger partial charge in [0, 0.05) is 16.7 Å². The minimum absolute atomic E-state index is 0.00554. The van der Waals surface area contributed by atoms with Crippen LogP contribution in [0.5, 0.6) is 0 Å². The number of thiazole rings is 1. The predicted octanol–water partition coefficient (Wildman–Crippen LogP) is 6.48. The lowest BCUT2D eigenvalue weighted by molar-refractivity contribution is -0.385. The van der Waals surface area contributed by atoms with Crippen molar-refractivity contribution in [3.05, 3.63) is 99.6 Å². The summed E-state index contributed by atoms with van der Waals surface area (Å²) in [6.45, 7) is 0. The summed E-state index contributed by atoms with van der Waals surface area (Å²) in [4.78, 5) is 16.4. The van der Waals surface area contributed by atoms with E-state index < -0.39 is 4.92 Å². The van der Waals surface area contributed by atoms with Gasteiger partial charge in [-0.1, -0.05) is 77.5 Å². The van der Waals surface area contributed by atoms with Gasteiger partial charge in [0.1, 0.15) is 0 Å². The summed E-state index contributed by atoms with van der Waals surface area (Å²) in [5.41, 5.74) is 6.10. The zero-order valence-electron chi connectivity index (χ0n) is 15.5. The Morgan fingerprint density at radius 3 is 2.40 bits per heavy atom. The Morgan fingerprint density at radius 1 is 0.967 bits per heavy atom. The molecule has 0 saturated heterocycles. The molecule has 0 radical (unpaired) electrons. The molecule has 0 bridgehead atoms. The Morgan fingerprint density at radius 2 is 1.67 bits per heavy atom. The Bertz CT molecular complexity index is 1210. The van der Waals surface area contributed by atoms with E-state index in [1.807, 2.05) is 54.6 Å². The number of anilines is 1. The third-order valence-electron chi connectivity index (χ3n) is 4.28. The number of aromatic nitrogens is 1. The number of nitrogens with one attached hydrogen (secondary N) is 1. The highest BCUT2D eigenvalue weighted by atomic mass is 35.5. The van der Waals surface area contributed by atoms with Crippen LogP contribution in [0.15, 0.2) is 84.0 Å². The van der Waals surface area contributed by atoms with Crippen LogP contribution in [-0.2, 0) is 0 Å². The van der Waals surface area contributed by atoms with Crippen molar-refractivity contribution in [3.8, 4) is 21.7 Å². The Balaban J connectivity index is 1.66. The monoisotopic (exact) mass is 434 g/mol. The summed E-state index contributed by atoms with van der Waals surface area (Å²) in [5.74, 6) is 0. The van der Waals surface area contributed by atoms with Crippen LogP contribution in [0.4, 0.5) is 10.8 Å². The zero-order chi connectivity index (χ0) is 20.9. The number of hydrogen-bond acceptors (Lipinski definition) is 6. The normalized spacial score (nSPS) is 11.0. The van der Waals surface area contributed by atoms with Gasteiger partial charge in [0.05, 0.1) is 27.3 Å². The van der Waals surface area contributed by atoms with Gasteiger partial charge in [0.25, 0.3) is 5.69 Å². The van der Waals surface area contributed by atoms with Crippen LogP contribution < -0.4 is 5.43 Å². The number of hydrogen-bond donors (Lipinski definition) is 1. The fourth-order valence-electron chi connectivity index (χ4n) is 2.88. The van der Waals surface area contributed by atoms with Gasteiger partial charge in [-0.15, -0.1) is 0 Å². The van der Waals surface area contributed by atoms with Crippen LogP contribution in [-0.4, -0.2) is 16.1 Å².